The van der Waals surface area contributed by atoms with Crippen LogP contribution >= 0.6 is 9.24 Å². The maximum Gasteiger partial charge on any atom is 0.253 e. The average Bonchev–Trinajstić information content (AvgIpc) is 3.13. The van der Waals surface area contributed by atoms with E-state index in [1.165, 1.54) is 5.56 Å². The maximum absolute atomic E-state index is 12.8. The predicted molar refractivity (Wildman–Crippen MR) is 116 cm³/mol. The number of pyridine rings is 1. The van der Waals surface area contributed by atoms with Crippen LogP contribution in [0.15, 0.2) is 54.9 Å². The molecular formula is C22H21N4OP. The van der Waals surface area contributed by atoms with E-state index in [2.05, 4.69) is 48.8 Å². The first-order valence-electron chi connectivity index (χ1n) is 9.06. The number of aromatic amines is 1. The normalized spacial score (nSPS) is 11.0. The highest BCUT2D eigenvalue weighted by atomic mass is 31.0. The minimum absolute atomic E-state index is 0.138. The molecule has 6 heteroatoms. The quantitative estimate of drug-likeness (QED) is 0.524. The molecule has 0 radical (unpaired) electrons. The third-order valence-electron chi connectivity index (χ3n) is 4.92. The number of aromatic nitrogens is 3. The van der Waals surface area contributed by atoms with Crippen molar-refractivity contribution in [2.45, 2.75) is 20.4 Å². The number of rotatable bonds is 4. The molecule has 0 aliphatic rings. The van der Waals surface area contributed by atoms with E-state index >= 15 is 0 Å². The largest absolute Gasteiger partial charge is 0.348 e. The van der Waals surface area contributed by atoms with Crippen LogP contribution in [0.2, 0.25) is 0 Å². The molecule has 2 aromatic heterocycles. The van der Waals surface area contributed by atoms with Crippen LogP contribution in [-0.4, -0.2) is 21.1 Å². The van der Waals surface area contributed by atoms with Crippen molar-refractivity contribution in [3.8, 4) is 11.3 Å². The summed E-state index contributed by atoms with van der Waals surface area (Å²) in [7, 11) is 2.72. The van der Waals surface area contributed by atoms with Crippen LogP contribution in [0.1, 0.15) is 27.0 Å². The SMILES string of the molecule is Cc1ccc(CNC(=O)c2cccc3c(-c4ccncc4C)[nH]nc23)cc1P. The topological polar surface area (TPSA) is 70.7 Å². The van der Waals surface area contributed by atoms with Crippen molar-refractivity contribution in [2.24, 2.45) is 0 Å². The first kappa shape index (κ1) is 18.3. The minimum Gasteiger partial charge on any atom is -0.348 e. The zero-order valence-electron chi connectivity index (χ0n) is 15.8. The zero-order valence-corrected chi connectivity index (χ0v) is 16.9. The number of benzene rings is 2. The van der Waals surface area contributed by atoms with E-state index in [-0.39, 0.29) is 5.91 Å². The lowest BCUT2D eigenvalue weighted by atomic mass is 10.0. The summed E-state index contributed by atoms with van der Waals surface area (Å²) in [4.78, 5) is 17.0. The molecule has 4 rings (SSSR count). The van der Waals surface area contributed by atoms with Gasteiger partial charge in [-0.05, 0) is 54.0 Å². The fraction of sp³-hybridized carbons (Fsp3) is 0.136. The van der Waals surface area contributed by atoms with Gasteiger partial charge >= 0.3 is 0 Å². The summed E-state index contributed by atoms with van der Waals surface area (Å²) in [6.45, 7) is 4.54. The van der Waals surface area contributed by atoms with Gasteiger partial charge in [-0.1, -0.05) is 24.3 Å². The van der Waals surface area contributed by atoms with Crippen molar-refractivity contribution >= 4 is 31.4 Å². The summed E-state index contributed by atoms with van der Waals surface area (Å²) >= 11 is 0. The Morgan fingerprint density at radius 3 is 2.79 bits per heavy atom. The molecule has 0 aliphatic heterocycles. The molecule has 5 nitrogen and oxygen atoms in total. The van der Waals surface area contributed by atoms with Crippen LogP contribution in [0, 0.1) is 13.8 Å². The molecular weight excluding hydrogens is 367 g/mol. The van der Waals surface area contributed by atoms with Crippen LogP contribution in [0.4, 0.5) is 0 Å². The van der Waals surface area contributed by atoms with Crippen molar-refractivity contribution in [3.05, 3.63) is 77.1 Å². The van der Waals surface area contributed by atoms with E-state index in [9.17, 15) is 4.79 Å². The van der Waals surface area contributed by atoms with Gasteiger partial charge in [-0.15, -0.1) is 9.24 Å². The van der Waals surface area contributed by atoms with E-state index in [4.69, 9.17) is 0 Å². The Balaban J connectivity index is 1.63. The zero-order chi connectivity index (χ0) is 19.7. The fourth-order valence-electron chi connectivity index (χ4n) is 3.26. The highest BCUT2D eigenvalue weighted by Gasteiger charge is 2.16. The summed E-state index contributed by atoms with van der Waals surface area (Å²) in [5.74, 6) is -0.138. The van der Waals surface area contributed by atoms with Crippen molar-refractivity contribution in [1.82, 2.24) is 20.5 Å². The molecule has 2 aromatic carbocycles. The molecule has 1 unspecified atom stereocenters. The van der Waals surface area contributed by atoms with Gasteiger partial charge in [-0.25, -0.2) is 0 Å². The molecule has 28 heavy (non-hydrogen) atoms. The lowest BCUT2D eigenvalue weighted by molar-refractivity contribution is 0.0952. The van der Waals surface area contributed by atoms with Crippen LogP contribution in [0.3, 0.4) is 0 Å². The van der Waals surface area contributed by atoms with Crippen LogP contribution in [0.5, 0.6) is 0 Å². The van der Waals surface area contributed by atoms with Crippen molar-refractivity contribution in [3.63, 3.8) is 0 Å². The standard InChI is InChI=1S/C22H21N4OP/c1-13-6-7-15(10-19(13)28)12-24-22(27)18-5-3-4-17-20(25-26-21(17)18)16-8-9-23-11-14(16)2/h3-11H,12,28H2,1-2H3,(H,24,27)(H,25,26). The van der Waals surface area contributed by atoms with Crippen molar-refractivity contribution < 1.29 is 4.79 Å². The highest BCUT2D eigenvalue weighted by Crippen LogP contribution is 2.29. The smallest absolute Gasteiger partial charge is 0.253 e. The Labute approximate surface area is 165 Å². The summed E-state index contributed by atoms with van der Waals surface area (Å²) in [5, 5.41) is 12.6. The Morgan fingerprint density at radius 1 is 1.14 bits per heavy atom. The number of carbonyl (C=O) groups excluding carboxylic acids is 1. The second-order valence-electron chi connectivity index (χ2n) is 6.86. The minimum atomic E-state index is -0.138. The van der Waals surface area contributed by atoms with E-state index in [0.717, 1.165) is 33.1 Å². The fourth-order valence-corrected chi connectivity index (χ4v) is 3.57. The van der Waals surface area contributed by atoms with Gasteiger partial charge in [0.15, 0.2) is 0 Å². The Morgan fingerprint density at radius 2 is 2.00 bits per heavy atom. The molecule has 140 valence electrons. The average molecular weight is 388 g/mol. The van der Waals surface area contributed by atoms with Gasteiger partial charge in [0.05, 0.1) is 11.3 Å². The second kappa shape index (κ2) is 7.53. The third kappa shape index (κ3) is 3.41. The number of carbonyl (C=O) groups is 1. The van der Waals surface area contributed by atoms with E-state index in [0.29, 0.717) is 17.6 Å². The first-order valence-corrected chi connectivity index (χ1v) is 9.63. The lowest BCUT2D eigenvalue weighted by Crippen LogP contribution is -2.23. The number of nitrogens with zero attached hydrogens (tertiary/aromatic N) is 2. The Kier molecular flexibility index (Phi) is 4.93. The van der Waals surface area contributed by atoms with E-state index in [1.807, 2.05) is 37.4 Å². The van der Waals surface area contributed by atoms with E-state index < -0.39 is 0 Å². The molecule has 4 aromatic rings. The number of hydrogen-bond donors (Lipinski definition) is 2. The highest BCUT2D eigenvalue weighted by molar-refractivity contribution is 7.27. The van der Waals surface area contributed by atoms with Gasteiger partial charge in [0.2, 0.25) is 0 Å². The summed E-state index contributed by atoms with van der Waals surface area (Å²) < 4.78 is 0. The summed E-state index contributed by atoms with van der Waals surface area (Å²) in [6, 6.07) is 13.8. The summed E-state index contributed by atoms with van der Waals surface area (Å²) in [6.07, 6.45) is 3.58. The van der Waals surface area contributed by atoms with Gasteiger partial charge in [-0.2, -0.15) is 5.10 Å². The van der Waals surface area contributed by atoms with Crippen LogP contribution in [-0.2, 0) is 6.54 Å². The number of nitrogens with one attached hydrogen (secondary N) is 2. The monoisotopic (exact) mass is 388 g/mol. The van der Waals surface area contributed by atoms with Gasteiger partial charge in [0.25, 0.3) is 5.91 Å². The van der Waals surface area contributed by atoms with Crippen molar-refractivity contribution in [1.29, 1.82) is 0 Å². The van der Waals surface area contributed by atoms with Gasteiger partial charge in [0, 0.05) is 29.9 Å². The lowest BCUT2D eigenvalue weighted by Gasteiger charge is -2.08. The molecule has 0 bridgehead atoms. The van der Waals surface area contributed by atoms with Crippen LogP contribution < -0.4 is 10.6 Å². The molecule has 0 spiro atoms. The molecule has 0 fully saturated rings. The second-order valence-corrected chi connectivity index (χ2v) is 7.49. The molecule has 2 heterocycles. The molecule has 0 saturated carbocycles. The number of hydrogen-bond acceptors (Lipinski definition) is 3. The molecule has 2 N–H and O–H groups in total. The van der Waals surface area contributed by atoms with Crippen molar-refractivity contribution in [2.75, 3.05) is 0 Å². The molecule has 1 amide bonds. The Bertz CT molecular complexity index is 1180. The summed E-state index contributed by atoms with van der Waals surface area (Å²) in [5.41, 5.74) is 6.48. The molecule has 1 atom stereocenters. The number of H-pyrrole nitrogens is 1. The first-order chi connectivity index (χ1) is 13.5. The third-order valence-corrected chi connectivity index (χ3v) is 5.54. The maximum atomic E-state index is 12.8. The number of para-hydroxylation sites is 1. The number of fused-ring (bicyclic) bond motifs is 1. The molecule has 0 aliphatic carbocycles. The van der Waals surface area contributed by atoms with E-state index in [1.54, 1.807) is 12.3 Å². The van der Waals surface area contributed by atoms with Gasteiger partial charge < -0.3 is 5.32 Å². The number of amides is 1. The predicted octanol–water partition coefficient (Wildman–Crippen LogP) is 3.67. The van der Waals surface area contributed by atoms with Gasteiger partial charge in [-0.3, -0.25) is 14.9 Å². The number of aryl methyl sites for hydroxylation is 2. The molecule has 0 saturated heterocycles. The Hall–Kier alpha value is -3.04. The van der Waals surface area contributed by atoms with Gasteiger partial charge in [0.1, 0.15) is 5.52 Å². The van der Waals surface area contributed by atoms with Crippen LogP contribution in [0.25, 0.3) is 22.2 Å².